The molecule has 1 aliphatic rings. The maximum atomic E-state index is 12.9. The number of aryl methyl sites for hydroxylation is 1. The lowest BCUT2D eigenvalue weighted by molar-refractivity contribution is -0.158. The molecule has 1 saturated heterocycles. The number of rotatable bonds is 3. The van der Waals surface area contributed by atoms with Crippen LogP contribution in [0.5, 0.6) is 0 Å². The van der Waals surface area contributed by atoms with E-state index in [-0.39, 0.29) is 6.54 Å². The SMILES string of the molecule is Cc1ccc(Cl)c(NCC2CC(F)(F)C(=O)O2)c1. The molecule has 3 nitrogen and oxygen atoms in total. The Morgan fingerprint density at radius 1 is 1.56 bits per heavy atom. The molecular formula is C12H12ClF2NO2. The fourth-order valence-corrected chi connectivity index (χ4v) is 1.95. The smallest absolute Gasteiger partial charge is 0.377 e. The number of carbonyl (C=O) groups excluding carboxylic acids is 1. The quantitative estimate of drug-likeness (QED) is 0.862. The van der Waals surface area contributed by atoms with Crippen molar-refractivity contribution >= 4 is 23.3 Å². The number of anilines is 1. The van der Waals surface area contributed by atoms with E-state index in [4.69, 9.17) is 11.6 Å². The molecule has 0 radical (unpaired) electrons. The standard InChI is InChI=1S/C12H12ClF2NO2/c1-7-2-3-9(13)10(4-7)16-6-8-5-12(14,15)11(17)18-8/h2-4,8,16H,5-6H2,1H3. The lowest BCUT2D eigenvalue weighted by Gasteiger charge is -2.12. The van der Waals surface area contributed by atoms with Gasteiger partial charge in [-0.05, 0) is 24.6 Å². The number of halogens is 3. The molecule has 0 aromatic heterocycles. The fourth-order valence-electron chi connectivity index (χ4n) is 1.76. The summed E-state index contributed by atoms with van der Waals surface area (Å²) in [7, 11) is 0. The highest BCUT2D eigenvalue weighted by Crippen LogP contribution is 2.31. The summed E-state index contributed by atoms with van der Waals surface area (Å²) in [6.45, 7) is 2.01. The highest BCUT2D eigenvalue weighted by Gasteiger charge is 2.50. The number of nitrogens with one attached hydrogen (secondary N) is 1. The summed E-state index contributed by atoms with van der Waals surface area (Å²) in [6.07, 6.45) is -1.42. The lowest BCUT2D eigenvalue weighted by atomic mass is 10.2. The fraction of sp³-hybridized carbons (Fsp3) is 0.417. The predicted molar refractivity (Wildman–Crippen MR) is 64.1 cm³/mol. The van der Waals surface area contributed by atoms with Crippen LogP contribution >= 0.6 is 11.6 Å². The number of esters is 1. The van der Waals surface area contributed by atoms with Gasteiger partial charge < -0.3 is 10.1 Å². The van der Waals surface area contributed by atoms with Gasteiger partial charge in [-0.3, -0.25) is 0 Å². The van der Waals surface area contributed by atoms with Crippen molar-refractivity contribution in [2.24, 2.45) is 0 Å². The molecule has 1 unspecified atom stereocenters. The number of hydrogen-bond donors (Lipinski definition) is 1. The summed E-state index contributed by atoms with van der Waals surface area (Å²) >= 11 is 5.95. The van der Waals surface area contributed by atoms with Crippen LogP contribution in [0.1, 0.15) is 12.0 Å². The Hall–Kier alpha value is -1.36. The van der Waals surface area contributed by atoms with E-state index in [0.717, 1.165) is 5.56 Å². The van der Waals surface area contributed by atoms with E-state index in [2.05, 4.69) is 10.1 Å². The molecule has 98 valence electrons. The first-order valence-corrected chi connectivity index (χ1v) is 5.85. The molecule has 6 heteroatoms. The number of ether oxygens (including phenoxy) is 1. The van der Waals surface area contributed by atoms with Gasteiger partial charge in [0, 0.05) is 0 Å². The molecule has 0 spiro atoms. The number of benzene rings is 1. The van der Waals surface area contributed by atoms with Gasteiger partial charge in [0.25, 0.3) is 0 Å². The van der Waals surface area contributed by atoms with E-state index >= 15 is 0 Å². The zero-order chi connectivity index (χ0) is 13.3. The topological polar surface area (TPSA) is 38.3 Å². The largest absolute Gasteiger partial charge is 0.456 e. The van der Waals surface area contributed by atoms with Crippen LogP contribution in [0.25, 0.3) is 0 Å². The second kappa shape index (κ2) is 4.72. The van der Waals surface area contributed by atoms with Gasteiger partial charge in [0.05, 0.1) is 23.7 Å². The van der Waals surface area contributed by atoms with Crippen LogP contribution in [0.4, 0.5) is 14.5 Å². The molecule has 1 heterocycles. The van der Waals surface area contributed by atoms with Crippen LogP contribution in [0, 0.1) is 6.92 Å². The summed E-state index contributed by atoms with van der Waals surface area (Å²) in [5, 5.41) is 3.41. The molecule has 0 amide bonds. The van der Waals surface area contributed by atoms with Crippen molar-refractivity contribution in [3.63, 3.8) is 0 Å². The van der Waals surface area contributed by atoms with Crippen LogP contribution in [-0.2, 0) is 9.53 Å². The molecule has 2 rings (SSSR count). The Morgan fingerprint density at radius 2 is 2.28 bits per heavy atom. The first kappa shape index (κ1) is 13.1. The molecule has 1 atom stereocenters. The molecule has 1 aromatic carbocycles. The maximum Gasteiger partial charge on any atom is 0.377 e. The van der Waals surface area contributed by atoms with Gasteiger partial charge in [-0.15, -0.1) is 0 Å². The monoisotopic (exact) mass is 275 g/mol. The molecule has 18 heavy (non-hydrogen) atoms. The minimum atomic E-state index is -3.37. The Morgan fingerprint density at radius 3 is 2.89 bits per heavy atom. The van der Waals surface area contributed by atoms with E-state index in [9.17, 15) is 13.6 Å². The highest BCUT2D eigenvalue weighted by atomic mass is 35.5. The van der Waals surface area contributed by atoms with Crippen LogP contribution < -0.4 is 5.32 Å². The zero-order valence-electron chi connectivity index (χ0n) is 9.67. The third-order valence-corrected chi connectivity index (χ3v) is 3.03. The van der Waals surface area contributed by atoms with E-state index in [1.54, 1.807) is 12.1 Å². The second-order valence-corrected chi connectivity index (χ2v) is 4.71. The summed E-state index contributed by atoms with van der Waals surface area (Å²) in [6, 6.07) is 5.36. The van der Waals surface area contributed by atoms with E-state index < -0.39 is 24.4 Å². The van der Waals surface area contributed by atoms with Gasteiger partial charge in [0.1, 0.15) is 6.10 Å². The van der Waals surface area contributed by atoms with Gasteiger partial charge in [-0.2, -0.15) is 8.78 Å². The van der Waals surface area contributed by atoms with Gasteiger partial charge in [-0.25, -0.2) is 4.79 Å². The number of alkyl halides is 2. The predicted octanol–water partition coefficient (Wildman–Crippen LogP) is 3.01. The molecular weight excluding hydrogens is 264 g/mol. The summed E-state index contributed by atoms with van der Waals surface area (Å²) < 4.78 is 30.4. The summed E-state index contributed by atoms with van der Waals surface area (Å²) in [4.78, 5) is 10.8. The maximum absolute atomic E-state index is 12.9. The molecule has 1 aliphatic heterocycles. The molecule has 1 aromatic rings. The van der Waals surface area contributed by atoms with E-state index in [0.29, 0.717) is 10.7 Å². The third-order valence-electron chi connectivity index (χ3n) is 2.70. The number of hydrogen-bond acceptors (Lipinski definition) is 3. The van der Waals surface area contributed by atoms with Crippen LogP contribution in [0.3, 0.4) is 0 Å². The van der Waals surface area contributed by atoms with E-state index in [1.165, 1.54) is 0 Å². The normalized spacial score (nSPS) is 21.8. The number of cyclic esters (lactones) is 1. The molecule has 0 aliphatic carbocycles. The Bertz CT molecular complexity index is 479. The van der Waals surface area contributed by atoms with Crippen molar-refractivity contribution in [1.29, 1.82) is 0 Å². The van der Waals surface area contributed by atoms with Crippen molar-refractivity contribution < 1.29 is 18.3 Å². The van der Waals surface area contributed by atoms with Gasteiger partial charge >= 0.3 is 11.9 Å². The van der Waals surface area contributed by atoms with Crippen molar-refractivity contribution in [2.75, 3.05) is 11.9 Å². The summed E-state index contributed by atoms with van der Waals surface area (Å²) in [5.74, 6) is -4.83. The molecule has 1 N–H and O–H groups in total. The van der Waals surface area contributed by atoms with Gasteiger partial charge in [0.15, 0.2) is 0 Å². The summed E-state index contributed by atoms with van der Waals surface area (Å²) in [5.41, 5.74) is 1.64. The van der Waals surface area contributed by atoms with E-state index in [1.807, 2.05) is 13.0 Å². The van der Waals surface area contributed by atoms with Crippen molar-refractivity contribution in [1.82, 2.24) is 0 Å². The van der Waals surface area contributed by atoms with Crippen molar-refractivity contribution in [3.8, 4) is 0 Å². The minimum Gasteiger partial charge on any atom is -0.456 e. The van der Waals surface area contributed by atoms with Gasteiger partial charge in [-0.1, -0.05) is 17.7 Å². The van der Waals surface area contributed by atoms with Gasteiger partial charge in [0.2, 0.25) is 0 Å². The Kier molecular flexibility index (Phi) is 3.43. The van der Waals surface area contributed by atoms with Crippen molar-refractivity contribution in [3.05, 3.63) is 28.8 Å². The average Bonchev–Trinajstić information content (AvgIpc) is 2.54. The van der Waals surface area contributed by atoms with Crippen LogP contribution in [-0.4, -0.2) is 24.5 Å². The number of carbonyl (C=O) groups is 1. The zero-order valence-corrected chi connectivity index (χ0v) is 10.4. The third kappa shape index (κ3) is 2.72. The lowest BCUT2D eigenvalue weighted by Crippen LogP contribution is -2.22. The average molecular weight is 276 g/mol. The second-order valence-electron chi connectivity index (χ2n) is 4.30. The first-order valence-electron chi connectivity index (χ1n) is 5.47. The Labute approximate surface area is 108 Å². The molecule has 0 saturated carbocycles. The van der Waals surface area contributed by atoms with Crippen LogP contribution in [0.2, 0.25) is 5.02 Å². The van der Waals surface area contributed by atoms with Crippen molar-refractivity contribution in [2.45, 2.75) is 25.4 Å². The van der Waals surface area contributed by atoms with Crippen LogP contribution in [0.15, 0.2) is 18.2 Å². The molecule has 1 fully saturated rings. The highest BCUT2D eigenvalue weighted by molar-refractivity contribution is 6.33. The molecule has 0 bridgehead atoms. The Balaban J connectivity index is 1.97. The minimum absolute atomic E-state index is 0.116. The first-order chi connectivity index (χ1) is 8.38.